The quantitative estimate of drug-likeness (QED) is 0.294. The number of anilines is 2. The van der Waals surface area contributed by atoms with Crippen molar-refractivity contribution in [3.63, 3.8) is 0 Å². The van der Waals surface area contributed by atoms with E-state index in [1.54, 1.807) is 22.9 Å². The van der Waals surface area contributed by atoms with Crippen molar-refractivity contribution in [2.24, 2.45) is 11.5 Å². The lowest BCUT2D eigenvalue weighted by Crippen LogP contribution is -2.35. The van der Waals surface area contributed by atoms with Crippen LogP contribution in [-0.2, 0) is 4.79 Å². The number of hydrogen-bond acceptors (Lipinski definition) is 9. The SMILES string of the molecule is CC(=O)Nc1sccc1C(=O)NC(N)=O.NC(=O)NC(=O)c1ccsc1NC(=O)c1ccncc1. The van der Waals surface area contributed by atoms with Gasteiger partial charge in [-0.15, -0.1) is 22.7 Å². The van der Waals surface area contributed by atoms with Crippen LogP contribution in [0.1, 0.15) is 38.0 Å². The minimum absolute atomic E-state index is 0.177. The van der Waals surface area contributed by atoms with Crippen LogP contribution in [0.15, 0.2) is 47.4 Å². The van der Waals surface area contributed by atoms with Crippen molar-refractivity contribution in [1.29, 1.82) is 0 Å². The van der Waals surface area contributed by atoms with Crippen molar-refractivity contribution in [3.8, 4) is 0 Å². The zero-order chi connectivity index (χ0) is 26.0. The molecule has 0 aliphatic carbocycles. The van der Waals surface area contributed by atoms with Crippen LogP contribution in [0.5, 0.6) is 0 Å². The van der Waals surface area contributed by atoms with E-state index >= 15 is 0 Å². The van der Waals surface area contributed by atoms with Crippen LogP contribution in [-0.4, -0.2) is 40.7 Å². The number of aromatic nitrogens is 1. The van der Waals surface area contributed by atoms with E-state index in [0.29, 0.717) is 15.6 Å². The summed E-state index contributed by atoms with van der Waals surface area (Å²) in [5.41, 5.74) is 10.5. The molecule has 8 N–H and O–H groups in total. The molecule has 13 nitrogen and oxygen atoms in total. The number of carbonyl (C=O) groups is 6. The second kappa shape index (κ2) is 12.6. The van der Waals surface area contributed by atoms with E-state index < -0.39 is 23.9 Å². The normalized spacial score (nSPS) is 9.63. The molecule has 0 atom stereocenters. The van der Waals surface area contributed by atoms with Gasteiger partial charge in [-0.25, -0.2) is 9.59 Å². The zero-order valence-electron chi connectivity index (χ0n) is 18.0. The van der Waals surface area contributed by atoms with Gasteiger partial charge in [-0.05, 0) is 35.0 Å². The fraction of sp³-hybridized carbons (Fsp3) is 0.0500. The minimum atomic E-state index is -0.951. The average molecular weight is 518 g/mol. The fourth-order valence-corrected chi connectivity index (χ4v) is 3.98. The van der Waals surface area contributed by atoms with Gasteiger partial charge < -0.3 is 22.1 Å². The van der Waals surface area contributed by atoms with Crippen LogP contribution in [0.25, 0.3) is 0 Å². The van der Waals surface area contributed by atoms with Crippen molar-refractivity contribution in [2.75, 3.05) is 10.6 Å². The van der Waals surface area contributed by atoms with Gasteiger partial charge in [0.2, 0.25) is 5.91 Å². The Balaban J connectivity index is 0.000000258. The van der Waals surface area contributed by atoms with Gasteiger partial charge in [-0.2, -0.15) is 0 Å². The molecule has 0 radical (unpaired) electrons. The van der Waals surface area contributed by atoms with Crippen molar-refractivity contribution in [1.82, 2.24) is 15.6 Å². The van der Waals surface area contributed by atoms with E-state index in [2.05, 4.69) is 15.6 Å². The highest BCUT2D eigenvalue weighted by Crippen LogP contribution is 2.24. The van der Waals surface area contributed by atoms with Gasteiger partial charge in [0.1, 0.15) is 10.0 Å². The van der Waals surface area contributed by atoms with E-state index in [-0.39, 0.29) is 22.9 Å². The highest BCUT2D eigenvalue weighted by Gasteiger charge is 2.17. The summed E-state index contributed by atoms with van der Waals surface area (Å²) in [6.45, 7) is 1.33. The topological polar surface area (TPSA) is 215 Å². The van der Waals surface area contributed by atoms with E-state index in [1.807, 2.05) is 10.6 Å². The first kappa shape index (κ1) is 26.6. The monoisotopic (exact) mass is 517 g/mol. The molecule has 0 spiro atoms. The Labute approximate surface area is 205 Å². The maximum absolute atomic E-state index is 12.0. The predicted octanol–water partition coefficient (Wildman–Crippen LogP) is 1.72. The van der Waals surface area contributed by atoms with Crippen LogP contribution in [0.3, 0.4) is 0 Å². The molecule has 3 heterocycles. The summed E-state index contributed by atoms with van der Waals surface area (Å²) >= 11 is 2.36. The maximum Gasteiger partial charge on any atom is 0.319 e. The van der Waals surface area contributed by atoms with Crippen LogP contribution < -0.4 is 32.7 Å². The molecule has 35 heavy (non-hydrogen) atoms. The first-order valence-electron chi connectivity index (χ1n) is 9.44. The fourth-order valence-electron chi connectivity index (χ4n) is 2.37. The van der Waals surface area contributed by atoms with Crippen molar-refractivity contribution < 1.29 is 28.8 Å². The Hall–Kier alpha value is -4.63. The minimum Gasteiger partial charge on any atom is -0.351 e. The third-order valence-corrected chi connectivity index (χ3v) is 5.41. The van der Waals surface area contributed by atoms with Crippen molar-refractivity contribution in [2.45, 2.75) is 6.92 Å². The summed E-state index contributed by atoms with van der Waals surface area (Å²) in [6.07, 6.45) is 2.98. The van der Waals surface area contributed by atoms with E-state index in [9.17, 15) is 28.8 Å². The largest absolute Gasteiger partial charge is 0.351 e. The summed E-state index contributed by atoms with van der Waals surface area (Å²) < 4.78 is 0. The van der Waals surface area contributed by atoms with Crippen molar-refractivity contribution >= 4 is 68.4 Å². The van der Waals surface area contributed by atoms with E-state index in [1.165, 1.54) is 54.1 Å². The molecule has 3 aromatic heterocycles. The highest BCUT2D eigenvalue weighted by molar-refractivity contribution is 7.15. The third-order valence-electron chi connectivity index (χ3n) is 3.75. The summed E-state index contributed by atoms with van der Waals surface area (Å²) in [4.78, 5) is 70.7. The van der Waals surface area contributed by atoms with Crippen LogP contribution in [0.4, 0.5) is 19.6 Å². The molecule has 0 aromatic carbocycles. The molecule has 0 aliphatic heterocycles. The number of rotatable bonds is 5. The molecule has 182 valence electrons. The number of nitrogens with zero attached hydrogens (tertiary/aromatic N) is 1. The number of urea groups is 2. The van der Waals surface area contributed by atoms with Crippen LogP contribution in [0.2, 0.25) is 0 Å². The van der Waals surface area contributed by atoms with Gasteiger partial charge in [0.05, 0.1) is 11.1 Å². The molecule has 0 fully saturated rings. The average Bonchev–Trinajstić information content (AvgIpc) is 3.43. The molecule has 3 aromatic rings. The van der Waals surface area contributed by atoms with E-state index in [0.717, 1.165) is 0 Å². The lowest BCUT2D eigenvalue weighted by atomic mass is 10.2. The Kier molecular flexibility index (Phi) is 9.56. The van der Waals surface area contributed by atoms with Gasteiger partial charge >= 0.3 is 12.1 Å². The van der Waals surface area contributed by atoms with Gasteiger partial charge in [0, 0.05) is 24.9 Å². The Morgan fingerprint density at radius 3 is 1.60 bits per heavy atom. The number of hydrogen-bond donors (Lipinski definition) is 6. The highest BCUT2D eigenvalue weighted by atomic mass is 32.1. The van der Waals surface area contributed by atoms with E-state index in [4.69, 9.17) is 11.5 Å². The van der Waals surface area contributed by atoms with Gasteiger partial charge in [0.15, 0.2) is 0 Å². The number of carbonyl (C=O) groups excluding carboxylic acids is 6. The predicted molar refractivity (Wildman–Crippen MR) is 129 cm³/mol. The lowest BCUT2D eigenvalue weighted by molar-refractivity contribution is -0.114. The second-order valence-electron chi connectivity index (χ2n) is 6.33. The summed E-state index contributed by atoms with van der Waals surface area (Å²) in [7, 11) is 0. The number of imide groups is 2. The van der Waals surface area contributed by atoms with Gasteiger partial charge in [0.25, 0.3) is 17.7 Å². The number of primary amides is 2. The van der Waals surface area contributed by atoms with Gasteiger partial charge in [-0.1, -0.05) is 0 Å². The molecule has 8 amide bonds. The molecular formula is C20H19N7O6S2. The maximum atomic E-state index is 12.0. The molecular weight excluding hydrogens is 498 g/mol. The molecule has 0 saturated heterocycles. The third kappa shape index (κ3) is 8.34. The lowest BCUT2D eigenvalue weighted by Gasteiger charge is -2.05. The number of nitrogens with one attached hydrogen (secondary N) is 4. The Bertz CT molecular complexity index is 1260. The molecule has 15 heteroatoms. The number of pyridine rings is 1. The molecule has 0 unspecified atom stereocenters. The van der Waals surface area contributed by atoms with Crippen molar-refractivity contribution in [3.05, 3.63) is 64.1 Å². The standard InChI is InChI=1S/C12H10N4O3S.C8H9N3O3S/c13-12(19)16-10(18)8-3-6-20-11(8)15-9(17)7-1-4-14-5-2-7;1-4(12)10-7-5(2-3-15-7)6(13)11-8(9)14/h1-6H,(H,15,17)(H3,13,16,18,19);2-3H,1H3,(H,10,12)(H3,9,11,13,14). The summed E-state index contributed by atoms with van der Waals surface area (Å²) in [5.74, 6) is -1.95. The number of amides is 8. The number of nitrogens with two attached hydrogens (primary N) is 2. The first-order valence-corrected chi connectivity index (χ1v) is 11.2. The molecule has 0 bridgehead atoms. The van der Waals surface area contributed by atoms with Gasteiger partial charge in [-0.3, -0.25) is 34.8 Å². The molecule has 0 saturated carbocycles. The Morgan fingerprint density at radius 2 is 1.17 bits per heavy atom. The number of thiophene rings is 2. The zero-order valence-corrected chi connectivity index (χ0v) is 19.6. The summed E-state index contributed by atoms with van der Waals surface area (Å²) in [6, 6.07) is 4.20. The second-order valence-corrected chi connectivity index (χ2v) is 8.17. The summed E-state index contributed by atoms with van der Waals surface area (Å²) in [5, 5.41) is 12.9. The van der Waals surface area contributed by atoms with Crippen LogP contribution in [0, 0.1) is 0 Å². The molecule has 0 aliphatic rings. The first-order chi connectivity index (χ1) is 16.6. The molecule has 3 rings (SSSR count). The smallest absolute Gasteiger partial charge is 0.319 e. The Morgan fingerprint density at radius 1 is 0.714 bits per heavy atom. The van der Waals surface area contributed by atoms with Crippen LogP contribution >= 0.6 is 22.7 Å².